The molecule has 3 atom stereocenters. The van der Waals surface area contributed by atoms with Crippen LogP contribution in [0.25, 0.3) is 0 Å². The number of rotatable bonds is 27. The quantitative estimate of drug-likeness (QED) is 0.0449. The Labute approximate surface area is 337 Å². The van der Waals surface area contributed by atoms with Gasteiger partial charge in [0.15, 0.2) is 6.29 Å². The third-order valence-corrected chi connectivity index (χ3v) is 10.7. The zero-order valence-corrected chi connectivity index (χ0v) is 34.3. The van der Waals surface area contributed by atoms with Crippen LogP contribution in [-0.2, 0) is 25.7 Å². The van der Waals surface area contributed by atoms with E-state index in [4.69, 9.17) is 15.2 Å². The van der Waals surface area contributed by atoms with Crippen LogP contribution in [0.15, 0.2) is 72.8 Å². The third-order valence-electron chi connectivity index (χ3n) is 10.7. The van der Waals surface area contributed by atoms with Crippen molar-refractivity contribution in [3.05, 3.63) is 89.5 Å². The van der Waals surface area contributed by atoms with E-state index in [1.165, 1.54) is 77.0 Å². The third kappa shape index (κ3) is 16.8. The van der Waals surface area contributed by atoms with Gasteiger partial charge in [0.25, 0.3) is 0 Å². The Morgan fingerprint density at radius 2 is 1.30 bits per heavy atom. The molecule has 56 heavy (non-hydrogen) atoms. The highest BCUT2D eigenvalue weighted by Gasteiger charge is 2.33. The van der Waals surface area contributed by atoms with E-state index in [1.807, 2.05) is 48.5 Å². The maximum atomic E-state index is 13.0. The minimum atomic E-state index is -0.588. The average molecular weight is 771 g/mol. The normalized spacial score (nSPS) is 16.9. The molecule has 5 N–H and O–H groups in total. The fraction of sp³-hybridized carbons (Fsp3) is 0.574. The van der Waals surface area contributed by atoms with Crippen LogP contribution >= 0.6 is 0 Å². The van der Waals surface area contributed by atoms with Gasteiger partial charge in [-0.2, -0.15) is 0 Å². The molecule has 0 bridgehead atoms. The fourth-order valence-electron chi connectivity index (χ4n) is 7.40. The summed E-state index contributed by atoms with van der Waals surface area (Å²) < 4.78 is 13.5. The lowest BCUT2D eigenvalue weighted by Crippen LogP contribution is -2.40. The summed E-state index contributed by atoms with van der Waals surface area (Å²) in [5.74, 6) is -0.139. The average Bonchev–Trinajstić information content (AvgIpc) is 3.21. The molecule has 308 valence electrons. The molecule has 3 aromatic rings. The lowest BCUT2D eigenvalue weighted by Gasteiger charge is -2.38. The van der Waals surface area contributed by atoms with Crippen LogP contribution in [0.2, 0.25) is 0 Å². The monoisotopic (exact) mass is 771 g/mol. The number of carbonyl (C=O) groups is 2. The summed E-state index contributed by atoms with van der Waals surface area (Å²) in [5.41, 5.74) is 10.6. The summed E-state index contributed by atoms with van der Waals surface area (Å²) in [6.45, 7) is 7.56. The topological polar surface area (TPSA) is 126 Å². The summed E-state index contributed by atoms with van der Waals surface area (Å²) in [5, 5.41) is 15.6. The summed E-state index contributed by atoms with van der Waals surface area (Å²) in [6, 6.07) is 23.1. The van der Waals surface area contributed by atoms with Crippen molar-refractivity contribution in [3.63, 3.8) is 0 Å². The van der Waals surface area contributed by atoms with E-state index in [9.17, 15) is 14.7 Å². The van der Waals surface area contributed by atoms with Gasteiger partial charge in [0, 0.05) is 37.1 Å². The second-order valence-electron chi connectivity index (χ2n) is 15.6. The van der Waals surface area contributed by atoms with Crippen molar-refractivity contribution >= 4 is 28.9 Å². The maximum Gasteiger partial charge on any atom is 0.224 e. The van der Waals surface area contributed by atoms with Gasteiger partial charge < -0.3 is 35.8 Å². The number of benzene rings is 3. The van der Waals surface area contributed by atoms with Gasteiger partial charge >= 0.3 is 0 Å². The number of ether oxygens (including phenoxy) is 2. The van der Waals surface area contributed by atoms with Crippen LogP contribution in [0.5, 0.6) is 0 Å². The number of aliphatic hydroxyl groups excluding tert-OH is 1. The maximum absolute atomic E-state index is 13.0. The molecule has 4 rings (SSSR count). The van der Waals surface area contributed by atoms with Crippen LogP contribution in [-0.4, -0.2) is 47.6 Å². The van der Waals surface area contributed by atoms with Crippen molar-refractivity contribution in [1.82, 2.24) is 4.90 Å². The molecular formula is C47H70N4O5. The van der Waals surface area contributed by atoms with Gasteiger partial charge in [-0.25, -0.2) is 0 Å². The Morgan fingerprint density at radius 1 is 0.696 bits per heavy atom. The number of amides is 2. The zero-order valence-electron chi connectivity index (χ0n) is 34.3. The lowest BCUT2D eigenvalue weighted by molar-refractivity contribution is -0.253. The Balaban J connectivity index is 1.35. The lowest BCUT2D eigenvalue weighted by atomic mass is 9.99. The zero-order chi connectivity index (χ0) is 39.8. The molecule has 9 heteroatoms. The largest absolute Gasteiger partial charge is 0.397 e. The predicted octanol–water partition coefficient (Wildman–Crippen LogP) is 10.9. The van der Waals surface area contributed by atoms with Crippen molar-refractivity contribution in [2.75, 3.05) is 36.0 Å². The van der Waals surface area contributed by atoms with Crippen molar-refractivity contribution < 1.29 is 24.2 Å². The molecule has 3 aromatic carbocycles. The molecule has 0 saturated carbocycles. The second-order valence-corrected chi connectivity index (χ2v) is 15.6. The first-order valence-electron chi connectivity index (χ1n) is 21.7. The number of nitrogens with two attached hydrogens (primary N) is 1. The number of para-hydroxylation sites is 2. The Bertz CT molecular complexity index is 1530. The van der Waals surface area contributed by atoms with Crippen LogP contribution < -0.4 is 16.4 Å². The van der Waals surface area contributed by atoms with Crippen LogP contribution in [0, 0.1) is 0 Å². The number of nitrogens with zero attached hydrogens (tertiary/aromatic N) is 1. The first-order valence-corrected chi connectivity index (χ1v) is 21.7. The standard InChI is InChI=1S/C47H70N4O5/c1-3-5-7-9-11-18-31-51(32-19-12-10-8-6-4-2)35-41-34-44(38-29-27-37(36-52)28-30-38)56-47(55-41)39-21-20-22-40(33-39)49-45(53)25-14-13-15-26-46(54)50-43-24-17-16-23-42(43)48/h16-17,20-24,27-30,33,41,44,47,52H,3-15,18-19,25-26,31-32,34-36,48H2,1-2H3,(H,49,53)(H,50,54). The summed E-state index contributed by atoms with van der Waals surface area (Å²) in [6.07, 6.45) is 18.2. The molecule has 1 fully saturated rings. The second kappa shape index (κ2) is 26.2. The number of nitrogen functional groups attached to an aromatic ring is 1. The number of hydrogen-bond acceptors (Lipinski definition) is 7. The van der Waals surface area contributed by atoms with E-state index < -0.39 is 6.29 Å². The highest BCUT2D eigenvalue weighted by molar-refractivity contribution is 5.93. The van der Waals surface area contributed by atoms with Gasteiger partial charge in [0.2, 0.25) is 11.8 Å². The molecule has 0 aliphatic carbocycles. The van der Waals surface area contributed by atoms with Gasteiger partial charge in [-0.05, 0) is 74.2 Å². The van der Waals surface area contributed by atoms with E-state index in [-0.39, 0.29) is 30.6 Å². The summed E-state index contributed by atoms with van der Waals surface area (Å²) in [7, 11) is 0. The minimum absolute atomic E-state index is 0.00632. The van der Waals surface area contributed by atoms with Crippen LogP contribution in [0.4, 0.5) is 17.1 Å². The molecule has 1 aliphatic rings. The van der Waals surface area contributed by atoms with E-state index >= 15 is 0 Å². The molecule has 9 nitrogen and oxygen atoms in total. The number of unbranched alkanes of at least 4 members (excludes halogenated alkanes) is 12. The van der Waals surface area contributed by atoms with Gasteiger partial charge in [-0.1, -0.05) is 133 Å². The molecule has 0 spiro atoms. The van der Waals surface area contributed by atoms with Crippen molar-refractivity contribution in [2.45, 2.75) is 155 Å². The predicted molar refractivity (Wildman–Crippen MR) is 229 cm³/mol. The summed E-state index contributed by atoms with van der Waals surface area (Å²) >= 11 is 0. The molecule has 1 aliphatic heterocycles. The molecule has 3 unspecified atom stereocenters. The Hall–Kier alpha value is -3.76. The molecule has 0 aromatic heterocycles. The van der Waals surface area contributed by atoms with Crippen molar-refractivity contribution in [3.8, 4) is 0 Å². The number of hydrogen-bond donors (Lipinski definition) is 4. The van der Waals surface area contributed by atoms with Gasteiger partial charge in [-0.3, -0.25) is 9.59 Å². The van der Waals surface area contributed by atoms with Crippen LogP contribution in [0.1, 0.15) is 159 Å². The van der Waals surface area contributed by atoms with Gasteiger partial charge in [0.1, 0.15) is 0 Å². The Kier molecular flexibility index (Phi) is 21.0. The molecule has 2 amide bonds. The van der Waals surface area contributed by atoms with Crippen molar-refractivity contribution in [2.24, 2.45) is 0 Å². The first-order chi connectivity index (χ1) is 27.4. The SMILES string of the molecule is CCCCCCCCN(CCCCCCCC)CC1CC(c2ccc(CO)cc2)OC(c2cccc(NC(=O)CCCCCC(=O)Nc3ccccc3N)c2)O1. The van der Waals surface area contributed by atoms with Gasteiger partial charge in [-0.15, -0.1) is 0 Å². The molecule has 1 saturated heterocycles. The first kappa shape index (κ1) is 44.9. The molecule has 1 heterocycles. The number of nitrogens with one attached hydrogen (secondary N) is 2. The highest BCUT2D eigenvalue weighted by atomic mass is 16.7. The molecular weight excluding hydrogens is 701 g/mol. The van der Waals surface area contributed by atoms with E-state index in [2.05, 4.69) is 41.5 Å². The number of aliphatic hydroxyl groups is 1. The van der Waals surface area contributed by atoms with Crippen LogP contribution in [0.3, 0.4) is 0 Å². The van der Waals surface area contributed by atoms with E-state index in [0.717, 1.165) is 49.2 Å². The molecule has 0 radical (unpaired) electrons. The smallest absolute Gasteiger partial charge is 0.224 e. The number of anilines is 3. The van der Waals surface area contributed by atoms with E-state index in [1.54, 1.807) is 12.1 Å². The fourth-order valence-corrected chi connectivity index (χ4v) is 7.40. The summed E-state index contributed by atoms with van der Waals surface area (Å²) in [4.78, 5) is 27.9. The number of carbonyl (C=O) groups excluding carboxylic acids is 2. The Morgan fingerprint density at radius 3 is 1.95 bits per heavy atom. The minimum Gasteiger partial charge on any atom is -0.397 e. The highest BCUT2D eigenvalue weighted by Crippen LogP contribution is 2.39. The van der Waals surface area contributed by atoms with E-state index in [0.29, 0.717) is 42.7 Å². The van der Waals surface area contributed by atoms with Gasteiger partial charge in [0.05, 0.1) is 30.2 Å². The van der Waals surface area contributed by atoms with Crippen molar-refractivity contribution in [1.29, 1.82) is 0 Å².